The van der Waals surface area contributed by atoms with Crippen LogP contribution < -0.4 is 15.4 Å². The Balaban J connectivity index is 1.33. The van der Waals surface area contributed by atoms with Crippen LogP contribution in [0.15, 0.2) is 54.6 Å². The first-order chi connectivity index (χ1) is 16.5. The van der Waals surface area contributed by atoms with Gasteiger partial charge in [0.05, 0.1) is 13.0 Å². The topological polar surface area (TPSA) is 114 Å². The summed E-state index contributed by atoms with van der Waals surface area (Å²) in [4.78, 5) is 39.7. The van der Waals surface area contributed by atoms with Gasteiger partial charge in [-0.1, -0.05) is 41.7 Å². The molecule has 4 rings (SSSR count). The lowest BCUT2D eigenvalue weighted by molar-refractivity contribution is -0.126. The smallest absolute Gasteiger partial charge is 0.286 e. The number of aromatic nitrogens is 2. The van der Waals surface area contributed by atoms with Crippen molar-refractivity contribution in [3.8, 4) is 5.75 Å². The van der Waals surface area contributed by atoms with Crippen LogP contribution in [0.2, 0.25) is 0 Å². The van der Waals surface area contributed by atoms with Crippen LogP contribution in [0.3, 0.4) is 0 Å². The summed E-state index contributed by atoms with van der Waals surface area (Å²) >= 11 is 0.945. The molecule has 34 heavy (non-hydrogen) atoms. The molecule has 3 aromatic rings. The van der Waals surface area contributed by atoms with E-state index in [0.717, 1.165) is 22.6 Å². The Morgan fingerprint density at radius 1 is 1.09 bits per heavy atom. The number of anilines is 1. The molecule has 0 spiro atoms. The first-order valence-corrected chi connectivity index (χ1v) is 11.7. The molecule has 0 saturated carbocycles. The van der Waals surface area contributed by atoms with Gasteiger partial charge in [0.15, 0.2) is 0 Å². The lowest BCUT2D eigenvalue weighted by atomic mass is 9.97. The third-order valence-corrected chi connectivity index (χ3v) is 6.42. The SMILES string of the molecule is COc1cccc(CNC(=O)[C@@H]2CCCN(C(=O)c3nnc(C(=O)Nc4ccccc4)s3)C2)c1. The van der Waals surface area contributed by atoms with Crippen LogP contribution in [0.1, 0.15) is 38.0 Å². The molecule has 2 heterocycles. The van der Waals surface area contributed by atoms with Gasteiger partial charge in [-0.05, 0) is 42.7 Å². The number of methoxy groups -OCH3 is 1. The molecule has 0 bridgehead atoms. The van der Waals surface area contributed by atoms with Crippen molar-refractivity contribution in [1.82, 2.24) is 20.4 Å². The van der Waals surface area contributed by atoms with E-state index in [0.29, 0.717) is 38.2 Å². The maximum absolute atomic E-state index is 13.0. The largest absolute Gasteiger partial charge is 0.497 e. The molecule has 1 aliphatic rings. The number of ether oxygens (including phenoxy) is 1. The Hall–Kier alpha value is -3.79. The van der Waals surface area contributed by atoms with Gasteiger partial charge in [0.2, 0.25) is 15.9 Å². The molecule has 176 valence electrons. The first kappa shape index (κ1) is 23.4. The standard InChI is InChI=1S/C24H25N5O4S/c1-33-19-11-5-7-16(13-19)14-25-20(30)17-8-6-12-29(15-17)24(32)23-28-27-22(34-23)21(31)26-18-9-3-2-4-10-18/h2-5,7,9-11,13,17H,6,8,12,14-15H2,1H3,(H,25,30)(H,26,31)/t17-/m1/s1. The lowest BCUT2D eigenvalue weighted by Gasteiger charge is -2.31. The van der Waals surface area contributed by atoms with E-state index < -0.39 is 5.91 Å². The summed E-state index contributed by atoms with van der Waals surface area (Å²) < 4.78 is 5.21. The fraction of sp³-hybridized carbons (Fsp3) is 0.292. The van der Waals surface area contributed by atoms with E-state index in [1.54, 1.807) is 24.1 Å². The number of benzene rings is 2. The second-order valence-corrected chi connectivity index (χ2v) is 8.87. The molecule has 0 aliphatic carbocycles. The zero-order valence-electron chi connectivity index (χ0n) is 18.7. The van der Waals surface area contributed by atoms with Crippen molar-refractivity contribution in [2.45, 2.75) is 19.4 Å². The van der Waals surface area contributed by atoms with Gasteiger partial charge in [-0.15, -0.1) is 10.2 Å². The molecular weight excluding hydrogens is 454 g/mol. The highest BCUT2D eigenvalue weighted by atomic mass is 32.1. The molecule has 3 amide bonds. The van der Waals surface area contributed by atoms with E-state index in [4.69, 9.17) is 4.74 Å². The average Bonchev–Trinajstić information content (AvgIpc) is 3.38. The predicted octanol–water partition coefficient (Wildman–Crippen LogP) is 2.97. The molecule has 1 saturated heterocycles. The van der Waals surface area contributed by atoms with Crippen molar-refractivity contribution in [2.75, 3.05) is 25.5 Å². The number of rotatable bonds is 7. The number of para-hydroxylation sites is 1. The molecule has 1 atom stereocenters. The number of carbonyl (C=O) groups excluding carboxylic acids is 3. The Labute approximate surface area is 201 Å². The van der Waals surface area contributed by atoms with Crippen LogP contribution in [0, 0.1) is 5.92 Å². The Bertz CT molecular complexity index is 1170. The molecule has 0 unspecified atom stereocenters. The van der Waals surface area contributed by atoms with Crippen LogP contribution in [0.4, 0.5) is 5.69 Å². The van der Waals surface area contributed by atoms with Crippen molar-refractivity contribution in [1.29, 1.82) is 0 Å². The number of carbonyl (C=O) groups is 3. The predicted molar refractivity (Wildman–Crippen MR) is 128 cm³/mol. The average molecular weight is 480 g/mol. The maximum Gasteiger partial charge on any atom is 0.286 e. The molecule has 2 N–H and O–H groups in total. The molecule has 1 aromatic heterocycles. The zero-order chi connectivity index (χ0) is 23.9. The van der Waals surface area contributed by atoms with Gasteiger partial charge in [0.25, 0.3) is 11.8 Å². The summed E-state index contributed by atoms with van der Waals surface area (Å²) in [6.45, 7) is 1.22. The Morgan fingerprint density at radius 2 is 1.88 bits per heavy atom. The summed E-state index contributed by atoms with van der Waals surface area (Å²) in [5.74, 6) is -0.412. The molecule has 10 heteroatoms. The van der Waals surface area contributed by atoms with Crippen LogP contribution in [-0.4, -0.2) is 53.0 Å². The van der Waals surface area contributed by atoms with E-state index in [2.05, 4.69) is 20.8 Å². The summed E-state index contributed by atoms with van der Waals surface area (Å²) in [6, 6.07) is 16.5. The normalized spacial score (nSPS) is 15.4. The summed E-state index contributed by atoms with van der Waals surface area (Å²) in [5, 5.41) is 13.7. The molecular formula is C24H25N5O4S. The van der Waals surface area contributed by atoms with E-state index in [-0.39, 0.29) is 27.7 Å². The fourth-order valence-electron chi connectivity index (χ4n) is 3.73. The van der Waals surface area contributed by atoms with Gasteiger partial charge in [0.1, 0.15) is 5.75 Å². The van der Waals surface area contributed by atoms with E-state index in [9.17, 15) is 14.4 Å². The van der Waals surface area contributed by atoms with E-state index in [1.165, 1.54) is 0 Å². The van der Waals surface area contributed by atoms with Crippen LogP contribution in [0.25, 0.3) is 0 Å². The van der Waals surface area contributed by atoms with E-state index >= 15 is 0 Å². The van der Waals surface area contributed by atoms with Crippen molar-refractivity contribution in [3.05, 3.63) is 70.2 Å². The van der Waals surface area contributed by atoms with Crippen LogP contribution >= 0.6 is 11.3 Å². The van der Waals surface area contributed by atoms with Gasteiger partial charge < -0.3 is 20.3 Å². The maximum atomic E-state index is 13.0. The number of nitrogens with zero attached hydrogens (tertiary/aromatic N) is 3. The highest BCUT2D eigenvalue weighted by Crippen LogP contribution is 2.21. The van der Waals surface area contributed by atoms with Gasteiger partial charge in [-0.3, -0.25) is 14.4 Å². The minimum Gasteiger partial charge on any atom is -0.497 e. The fourth-order valence-corrected chi connectivity index (χ4v) is 4.44. The number of hydrogen-bond donors (Lipinski definition) is 2. The van der Waals surface area contributed by atoms with Crippen molar-refractivity contribution in [3.63, 3.8) is 0 Å². The number of hydrogen-bond acceptors (Lipinski definition) is 7. The second kappa shape index (κ2) is 10.9. The third kappa shape index (κ3) is 5.76. The quantitative estimate of drug-likeness (QED) is 0.539. The van der Waals surface area contributed by atoms with Gasteiger partial charge >= 0.3 is 0 Å². The van der Waals surface area contributed by atoms with Crippen molar-refractivity contribution in [2.24, 2.45) is 5.92 Å². The lowest BCUT2D eigenvalue weighted by Crippen LogP contribution is -2.45. The molecule has 0 radical (unpaired) electrons. The first-order valence-electron chi connectivity index (χ1n) is 10.9. The van der Waals surface area contributed by atoms with Crippen molar-refractivity contribution < 1.29 is 19.1 Å². The third-order valence-electron chi connectivity index (χ3n) is 5.51. The summed E-state index contributed by atoms with van der Waals surface area (Å²) in [6.07, 6.45) is 1.41. The molecule has 2 aromatic carbocycles. The van der Waals surface area contributed by atoms with Gasteiger partial charge in [-0.2, -0.15) is 0 Å². The minimum absolute atomic E-state index is 0.0967. The second-order valence-electron chi connectivity index (χ2n) is 7.89. The summed E-state index contributed by atoms with van der Waals surface area (Å²) in [7, 11) is 1.60. The van der Waals surface area contributed by atoms with Gasteiger partial charge in [-0.25, -0.2) is 0 Å². The van der Waals surface area contributed by atoms with Crippen LogP contribution in [-0.2, 0) is 11.3 Å². The monoisotopic (exact) mass is 479 g/mol. The zero-order valence-corrected chi connectivity index (χ0v) is 19.5. The number of piperidine rings is 1. The van der Waals surface area contributed by atoms with Crippen molar-refractivity contribution >= 4 is 34.7 Å². The Kier molecular flexibility index (Phi) is 7.48. The molecule has 9 nitrogen and oxygen atoms in total. The molecule has 1 aliphatic heterocycles. The van der Waals surface area contributed by atoms with E-state index in [1.807, 2.05) is 42.5 Å². The van der Waals surface area contributed by atoms with Crippen LogP contribution in [0.5, 0.6) is 5.75 Å². The number of amides is 3. The molecule has 1 fully saturated rings. The minimum atomic E-state index is -0.420. The van der Waals surface area contributed by atoms with Gasteiger partial charge in [0, 0.05) is 25.3 Å². The number of nitrogens with one attached hydrogen (secondary N) is 2. The Morgan fingerprint density at radius 3 is 2.68 bits per heavy atom. The highest BCUT2D eigenvalue weighted by Gasteiger charge is 2.30. The summed E-state index contributed by atoms with van der Waals surface area (Å²) in [5.41, 5.74) is 1.57. The highest BCUT2D eigenvalue weighted by molar-refractivity contribution is 7.15. The number of likely N-dealkylation sites (tertiary alicyclic amines) is 1.